The number of anilines is 1. The van der Waals surface area contributed by atoms with E-state index < -0.39 is 0 Å². The Bertz CT molecular complexity index is 385. The van der Waals surface area contributed by atoms with Gasteiger partial charge in [-0.2, -0.15) is 0 Å². The van der Waals surface area contributed by atoms with E-state index in [1.54, 1.807) is 5.38 Å². The maximum absolute atomic E-state index is 11.9. The molecule has 0 unspecified atom stereocenters. The van der Waals surface area contributed by atoms with Crippen LogP contribution in [0.4, 0.5) is 5.13 Å². The largest absolute Gasteiger partial charge is 0.375 e. The number of carbonyl (C=O) groups excluding carboxylic acids is 1. The molecule has 0 aromatic carbocycles. The summed E-state index contributed by atoms with van der Waals surface area (Å²) in [4.78, 5) is 15.9. The molecule has 0 spiro atoms. The topological polar surface area (TPSA) is 68.0 Å². The molecule has 1 heterocycles. The van der Waals surface area contributed by atoms with Crippen LogP contribution in [0.25, 0.3) is 0 Å². The van der Waals surface area contributed by atoms with Crippen molar-refractivity contribution in [2.24, 2.45) is 5.92 Å². The maximum atomic E-state index is 11.9. The molecule has 94 valence electrons. The fourth-order valence-electron chi connectivity index (χ4n) is 2.42. The van der Waals surface area contributed by atoms with Crippen molar-refractivity contribution in [3.05, 3.63) is 11.1 Å². The molecule has 4 nitrogen and oxygen atoms in total. The van der Waals surface area contributed by atoms with Crippen LogP contribution in [0.2, 0.25) is 0 Å². The molecule has 0 saturated heterocycles. The predicted octanol–water partition coefficient (Wildman–Crippen LogP) is 2.42. The maximum Gasteiger partial charge on any atom is 0.271 e. The van der Waals surface area contributed by atoms with Gasteiger partial charge in [0, 0.05) is 11.4 Å². The Hall–Kier alpha value is -1.10. The van der Waals surface area contributed by atoms with Crippen LogP contribution in [-0.4, -0.2) is 16.9 Å². The average Bonchev–Trinajstić information content (AvgIpc) is 2.77. The van der Waals surface area contributed by atoms with Crippen molar-refractivity contribution in [2.75, 3.05) is 5.73 Å². The number of nitrogen functional groups attached to an aromatic ring is 1. The first kappa shape index (κ1) is 12.4. The lowest BCUT2D eigenvalue weighted by Crippen LogP contribution is -2.39. The number of amides is 1. The lowest BCUT2D eigenvalue weighted by atomic mass is 9.84. The van der Waals surface area contributed by atoms with Crippen molar-refractivity contribution < 1.29 is 4.79 Å². The molecule has 1 aliphatic carbocycles. The number of rotatable bonds is 3. The summed E-state index contributed by atoms with van der Waals surface area (Å²) in [5.41, 5.74) is 5.96. The van der Waals surface area contributed by atoms with E-state index in [1.165, 1.54) is 43.4 Å². The Morgan fingerprint density at radius 2 is 2.24 bits per heavy atom. The van der Waals surface area contributed by atoms with Crippen molar-refractivity contribution in [3.63, 3.8) is 0 Å². The number of nitrogens with two attached hydrogens (primary N) is 1. The van der Waals surface area contributed by atoms with Crippen molar-refractivity contribution >= 4 is 22.4 Å². The molecular weight excluding hydrogens is 234 g/mol. The van der Waals surface area contributed by atoms with E-state index in [0.717, 1.165) is 0 Å². The van der Waals surface area contributed by atoms with Crippen molar-refractivity contribution in [1.29, 1.82) is 0 Å². The quantitative estimate of drug-likeness (QED) is 0.869. The summed E-state index contributed by atoms with van der Waals surface area (Å²) < 4.78 is 0. The zero-order valence-electron chi connectivity index (χ0n) is 10.1. The highest BCUT2D eigenvalue weighted by Crippen LogP contribution is 2.26. The lowest BCUT2D eigenvalue weighted by molar-refractivity contribution is 0.0915. The Morgan fingerprint density at radius 3 is 2.82 bits per heavy atom. The molecule has 1 aromatic rings. The Balaban J connectivity index is 1.89. The third-order valence-electron chi connectivity index (χ3n) is 3.47. The zero-order chi connectivity index (χ0) is 12.3. The highest BCUT2D eigenvalue weighted by atomic mass is 32.1. The minimum Gasteiger partial charge on any atom is -0.375 e. The van der Waals surface area contributed by atoms with Gasteiger partial charge in [-0.3, -0.25) is 4.79 Å². The summed E-state index contributed by atoms with van der Waals surface area (Å²) >= 11 is 1.30. The molecule has 0 bridgehead atoms. The highest BCUT2D eigenvalue weighted by molar-refractivity contribution is 7.13. The van der Waals surface area contributed by atoms with Crippen molar-refractivity contribution in [2.45, 2.75) is 45.1 Å². The van der Waals surface area contributed by atoms with Crippen LogP contribution in [0, 0.1) is 5.92 Å². The van der Waals surface area contributed by atoms with Crippen LogP contribution in [0.5, 0.6) is 0 Å². The van der Waals surface area contributed by atoms with Gasteiger partial charge in [0.1, 0.15) is 5.69 Å². The van der Waals surface area contributed by atoms with Crippen LogP contribution in [0.3, 0.4) is 0 Å². The minimum atomic E-state index is -0.101. The summed E-state index contributed by atoms with van der Waals surface area (Å²) in [6.45, 7) is 2.09. The average molecular weight is 253 g/mol. The van der Waals surface area contributed by atoms with E-state index in [1.807, 2.05) is 0 Å². The van der Waals surface area contributed by atoms with E-state index in [2.05, 4.69) is 17.2 Å². The predicted molar refractivity (Wildman–Crippen MR) is 70.0 cm³/mol. The summed E-state index contributed by atoms with van der Waals surface area (Å²) in [6, 6.07) is 0.228. The van der Waals surface area contributed by atoms with Gasteiger partial charge in [-0.1, -0.05) is 19.3 Å². The SMILES string of the molecule is C[C@H](NC(=O)c1csc(N)n1)C1CCCCC1. The molecule has 2 rings (SSSR count). The van der Waals surface area contributed by atoms with Gasteiger partial charge in [0.05, 0.1) is 0 Å². The number of carbonyl (C=O) groups is 1. The molecule has 1 aromatic heterocycles. The standard InChI is InChI=1S/C12H19N3OS/c1-8(9-5-3-2-4-6-9)14-11(16)10-7-17-12(13)15-10/h7-9H,2-6H2,1H3,(H2,13,15)(H,14,16)/t8-/m0/s1. The highest BCUT2D eigenvalue weighted by Gasteiger charge is 2.22. The fraction of sp³-hybridized carbons (Fsp3) is 0.667. The van der Waals surface area contributed by atoms with Gasteiger partial charge in [0.25, 0.3) is 5.91 Å². The van der Waals surface area contributed by atoms with Crippen molar-refractivity contribution in [3.8, 4) is 0 Å². The van der Waals surface area contributed by atoms with Crippen LogP contribution in [0.15, 0.2) is 5.38 Å². The summed E-state index contributed by atoms with van der Waals surface area (Å²) in [5, 5.41) is 5.18. The summed E-state index contributed by atoms with van der Waals surface area (Å²) in [6.07, 6.45) is 6.35. The number of hydrogen-bond acceptors (Lipinski definition) is 4. The Kier molecular flexibility index (Phi) is 3.99. The van der Waals surface area contributed by atoms with E-state index in [9.17, 15) is 4.79 Å². The second kappa shape index (κ2) is 5.49. The number of nitrogens with zero attached hydrogens (tertiary/aromatic N) is 1. The smallest absolute Gasteiger partial charge is 0.271 e. The Labute approximate surface area is 106 Å². The molecule has 5 heteroatoms. The number of aromatic nitrogens is 1. The summed E-state index contributed by atoms with van der Waals surface area (Å²) in [7, 11) is 0. The van der Waals surface area contributed by atoms with Gasteiger partial charge in [-0.25, -0.2) is 4.98 Å². The first-order valence-electron chi connectivity index (χ1n) is 6.18. The van der Waals surface area contributed by atoms with Gasteiger partial charge in [-0.15, -0.1) is 11.3 Å². The molecule has 17 heavy (non-hydrogen) atoms. The number of thiazole rings is 1. The first-order valence-corrected chi connectivity index (χ1v) is 7.06. The van der Waals surface area contributed by atoms with Gasteiger partial charge < -0.3 is 11.1 Å². The zero-order valence-corrected chi connectivity index (χ0v) is 10.9. The first-order chi connectivity index (χ1) is 8.16. The molecule has 1 amide bonds. The molecule has 1 fully saturated rings. The Morgan fingerprint density at radius 1 is 1.53 bits per heavy atom. The van der Waals surface area contributed by atoms with E-state index >= 15 is 0 Å². The fourth-order valence-corrected chi connectivity index (χ4v) is 2.97. The molecule has 3 N–H and O–H groups in total. The normalized spacial score (nSPS) is 18.9. The monoisotopic (exact) mass is 253 g/mol. The van der Waals surface area contributed by atoms with E-state index in [0.29, 0.717) is 16.7 Å². The van der Waals surface area contributed by atoms with Crippen LogP contribution in [-0.2, 0) is 0 Å². The second-order valence-electron chi connectivity index (χ2n) is 4.73. The van der Waals surface area contributed by atoms with E-state index in [4.69, 9.17) is 5.73 Å². The van der Waals surface area contributed by atoms with Gasteiger partial charge in [0.15, 0.2) is 5.13 Å². The number of nitrogens with one attached hydrogen (secondary N) is 1. The van der Waals surface area contributed by atoms with Crippen LogP contribution >= 0.6 is 11.3 Å². The molecule has 1 aliphatic rings. The van der Waals surface area contributed by atoms with Gasteiger partial charge in [-0.05, 0) is 25.7 Å². The van der Waals surface area contributed by atoms with Crippen molar-refractivity contribution in [1.82, 2.24) is 10.3 Å². The molecule has 1 saturated carbocycles. The lowest BCUT2D eigenvalue weighted by Gasteiger charge is -2.28. The summed E-state index contributed by atoms with van der Waals surface area (Å²) in [5.74, 6) is 0.514. The van der Waals surface area contributed by atoms with Crippen LogP contribution in [0.1, 0.15) is 49.5 Å². The molecule has 1 atom stereocenters. The van der Waals surface area contributed by atoms with Gasteiger partial charge in [0.2, 0.25) is 0 Å². The van der Waals surface area contributed by atoms with E-state index in [-0.39, 0.29) is 11.9 Å². The third kappa shape index (κ3) is 3.19. The second-order valence-corrected chi connectivity index (χ2v) is 5.62. The van der Waals surface area contributed by atoms with Crippen LogP contribution < -0.4 is 11.1 Å². The van der Waals surface area contributed by atoms with Gasteiger partial charge >= 0.3 is 0 Å². The number of hydrogen-bond donors (Lipinski definition) is 2. The molecule has 0 aliphatic heterocycles. The molecular formula is C12H19N3OS. The minimum absolute atomic E-state index is 0.101. The molecule has 0 radical (unpaired) electrons. The third-order valence-corrected chi connectivity index (χ3v) is 4.14.